The normalized spacial score (nSPS) is 10.9. The minimum Gasteiger partial charge on any atom is -0.398 e. The monoisotopic (exact) mass is 322 g/mol. The molecule has 1 aromatic heterocycles. The molecule has 0 radical (unpaired) electrons. The van der Waals surface area contributed by atoms with Gasteiger partial charge in [-0.05, 0) is 32.0 Å². The third-order valence-corrected chi connectivity index (χ3v) is 3.26. The van der Waals surface area contributed by atoms with Crippen molar-refractivity contribution in [3.8, 4) is 0 Å². The number of carbonyl (C=O) groups excluding carboxylic acids is 1. The maximum atomic E-state index is 12.3. The maximum absolute atomic E-state index is 12.3. The molecule has 19 heavy (non-hydrogen) atoms. The number of hydrogen-bond acceptors (Lipinski definition) is 4. The fraction of sp³-hybridized carbons (Fsp3) is 0.308. The van der Waals surface area contributed by atoms with E-state index in [0.29, 0.717) is 17.1 Å². The highest BCUT2D eigenvalue weighted by molar-refractivity contribution is 9.10. The Labute approximate surface area is 120 Å². The zero-order valence-electron chi connectivity index (χ0n) is 10.8. The van der Waals surface area contributed by atoms with Crippen LogP contribution in [0.15, 0.2) is 29.0 Å². The predicted octanol–water partition coefficient (Wildman–Crippen LogP) is 2.63. The van der Waals surface area contributed by atoms with E-state index in [0.717, 1.165) is 4.47 Å². The smallest absolute Gasteiger partial charge is 0.172 e. The lowest BCUT2D eigenvalue weighted by Gasteiger charge is -2.09. The Balaban J connectivity index is 2.26. The second-order valence-electron chi connectivity index (χ2n) is 4.55. The molecule has 2 rings (SSSR count). The van der Waals surface area contributed by atoms with Gasteiger partial charge in [0.05, 0.1) is 6.42 Å². The van der Waals surface area contributed by atoms with Gasteiger partial charge in [0.25, 0.3) is 0 Å². The van der Waals surface area contributed by atoms with Crippen LogP contribution in [0.5, 0.6) is 0 Å². The number of carbonyl (C=O) groups is 1. The summed E-state index contributed by atoms with van der Waals surface area (Å²) in [6.07, 6.45) is 1.66. The average molecular weight is 323 g/mol. The van der Waals surface area contributed by atoms with E-state index < -0.39 is 0 Å². The fourth-order valence-corrected chi connectivity index (χ4v) is 2.20. The van der Waals surface area contributed by atoms with Crippen molar-refractivity contribution in [1.29, 1.82) is 0 Å². The first-order chi connectivity index (χ1) is 8.99. The van der Waals surface area contributed by atoms with E-state index in [1.807, 2.05) is 19.9 Å². The van der Waals surface area contributed by atoms with Crippen molar-refractivity contribution in [3.63, 3.8) is 0 Å². The minimum absolute atomic E-state index is 0.0614. The summed E-state index contributed by atoms with van der Waals surface area (Å²) in [6.45, 7) is 3.99. The Kier molecular flexibility index (Phi) is 3.99. The van der Waals surface area contributed by atoms with Crippen molar-refractivity contribution >= 4 is 27.4 Å². The molecule has 0 atom stereocenters. The zero-order chi connectivity index (χ0) is 14.0. The van der Waals surface area contributed by atoms with Crippen molar-refractivity contribution in [2.24, 2.45) is 0 Å². The summed E-state index contributed by atoms with van der Waals surface area (Å²) >= 11 is 3.34. The lowest BCUT2D eigenvalue weighted by Crippen LogP contribution is -2.14. The van der Waals surface area contributed by atoms with Crippen LogP contribution in [-0.2, 0) is 6.42 Å². The summed E-state index contributed by atoms with van der Waals surface area (Å²) in [7, 11) is 0. The Morgan fingerprint density at radius 2 is 2.21 bits per heavy atom. The molecule has 0 spiro atoms. The number of ketones is 1. The Bertz CT molecular complexity index is 606. The van der Waals surface area contributed by atoms with Gasteiger partial charge in [-0.25, -0.2) is 9.67 Å². The summed E-state index contributed by atoms with van der Waals surface area (Å²) in [5, 5.41) is 4.12. The van der Waals surface area contributed by atoms with Crippen molar-refractivity contribution in [1.82, 2.24) is 14.8 Å². The first kappa shape index (κ1) is 13.7. The maximum Gasteiger partial charge on any atom is 0.172 e. The van der Waals surface area contributed by atoms with Gasteiger partial charge in [0.2, 0.25) is 0 Å². The number of nitrogens with zero attached hydrogens (tertiary/aromatic N) is 3. The van der Waals surface area contributed by atoms with Crippen LogP contribution in [0.25, 0.3) is 0 Å². The molecule has 0 saturated heterocycles. The summed E-state index contributed by atoms with van der Waals surface area (Å²) in [5.41, 5.74) is 6.82. The zero-order valence-corrected chi connectivity index (χ0v) is 12.4. The standard InChI is InChI=1S/C13H15BrN4O/c1-8(2)18-13(16-7-17-18)6-12(19)10-5-9(14)3-4-11(10)15/h3-5,7-8H,6,15H2,1-2H3. The lowest BCUT2D eigenvalue weighted by molar-refractivity contribution is 0.0990. The van der Waals surface area contributed by atoms with E-state index in [2.05, 4.69) is 26.0 Å². The molecule has 0 saturated carbocycles. The summed E-state index contributed by atoms with van der Waals surface area (Å²) in [5.74, 6) is 0.591. The van der Waals surface area contributed by atoms with Crippen LogP contribution in [0, 0.1) is 0 Å². The largest absolute Gasteiger partial charge is 0.398 e. The first-order valence-corrected chi connectivity index (χ1v) is 6.75. The molecular weight excluding hydrogens is 308 g/mol. The Morgan fingerprint density at radius 3 is 2.89 bits per heavy atom. The van der Waals surface area contributed by atoms with Crippen molar-refractivity contribution in [2.75, 3.05) is 5.73 Å². The van der Waals surface area contributed by atoms with Crippen molar-refractivity contribution in [2.45, 2.75) is 26.3 Å². The van der Waals surface area contributed by atoms with Gasteiger partial charge < -0.3 is 5.73 Å². The molecule has 2 aromatic rings. The molecule has 0 aliphatic carbocycles. The Hall–Kier alpha value is -1.69. The van der Waals surface area contributed by atoms with Gasteiger partial charge in [0.1, 0.15) is 12.2 Å². The molecular formula is C13H15BrN4O. The molecule has 0 amide bonds. The molecule has 2 N–H and O–H groups in total. The number of nitrogens with two attached hydrogens (primary N) is 1. The van der Waals surface area contributed by atoms with Crippen LogP contribution in [0.1, 0.15) is 36.1 Å². The van der Waals surface area contributed by atoms with Gasteiger partial charge >= 0.3 is 0 Å². The molecule has 0 unspecified atom stereocenters. The van der Waals surface area contributed by atoms with E-state index >= 15 is 0 Å². The fourth-order valence-electron chi connectivity index (χ4n) is 1.84. The second-order valence-corrected chi connectivity index (χ2v) is 5.46. The van der Waals surface area contributed by atoms with Gasteiger partial charge in [0.15, 0.2) is 5.78 Å². The summed E-state index contributed by atoms with van der Waals surface area (Å²) in [4.78, 5) is 16.4. The van der Waals surface area contributed by atoms with Gasteiger partial charge in [-0.3, -0.25) is 4.79 Å². The third-order valence-electron chi connectivity index (χ3n) is 2.77. The molecule has 100 valence electrons. The van der Waals surface area contributed by atoms with E-state index in [-0.39, 0.29) is 18.2 Å². The number of halogens is 1. The SMILES string of the molecule is CC(C)n1ncnc1CC(=O)c1cc(Br)ccc1N. The van der Waals surface area contributed by atoms with E-state index in [1.165, 1.54) is 6.33 Å². The van der Waals surface area contributed by atoms with E-state index in [9.17, 15) is 4.79 Å². The van der Waals surface area contributed by atoms with Crippen molar-refractivity contribution in [3.05, 3.63) is 40.4 Å². The lowest BCUT2D eigenvalue weighted by atomic mass is 10.1. The van der Waals surface area contributed by atoms with E-state index in [4.69, 9.17) is 5.73 Å². The third kappa shape index (κ3) is 3.01. The van der Waals surface area contributed by atoms with Crippen LogP contribution >= 0.6 is 15.9 Å². The van der Waals surface area contributed by atoms with Gasteiger partial charge in [0, 0.05) is 21.8 Å². The van der Waals surface area contributed by atoms with Crippen LogP contribution in [-0.4, -0.2) is 20.5 Å². The number of benzene rings is 1. The number of rotatable bonds is 4. The molecule has 0 aliphatic heterocycles. The predicted molar refractivity (Wildman–Crippen MR) is 77.0 cm³/mol. The number of Topliss-reactive ketones (excluding diaryl/α,β-unsaturated/α-hetero) is 1. The van der Waals surface area contributed by atoms with Gasteiger partial charge in [-0.15, -0.1) is 0 Å². The van der Waals surface area contributed by atoms with E-state index in [1.54, 1.807) is 16.8 Å². The topological polar surface area (TPSA) is 73.8 Å². The number of nitrogen functional groups attached to an aromatic ring is 1. The number of aromatic nitrogens is 3. The highest BCUT2D eigenvalue weighted by atomic mass is 79.9. The van der Waals surface area contributed by atoms with Gasteiger partial charge in [-0.1, -0.05) is 15.9 Å². The molecule has 0 aliphatic rings. The van der Waals surface area contributed by atoms with Crippen LogP contribution in [0.4, 0.5) is 5.69 Å². The van der Waals surface area contributed by atoms with Crippen LogP contribution < -0.4 is 5.73 Å². The van der Waals surface area contributed by atoms with Crippen LogP contribution in [0.2, 0.25) is 0 Å². The first-order valence-electron chi connectivity index (χ1n) is 5.95. The minimum atomic E-state index is -0.0614. The highest BCUT2D eigenvalue weighted by Gasteiger charge is 2.16. The quantitative estimate of drug-likeness (QED) is 0.693. The summed E-state index contributed by atoms with van der Waals surface area (Å²) in [6, 6.07) is 5.42. The Morgan fingerprint density at radius 1 is 1.47 bits per heavy atom. The molecule has 5 nitrogen and oxygen atoms in total. The van der Waals surface area contributed by atoms with Crippen LogP contribution in [0.3, 0.4) is 0 Å². The molecule has 1 aromatic carbocycles. The molecule has 0 bridgehead atoms. The van der Waals surface area contributed by atoms with Gasteiger partial charge in [-0.2, -0.15) is 5.10 Å². The van der Waals surface area contributed by atoms with Crippen molar-refractivity contribution < 1.29 is 4.79 Å². The highest BCUT2D eigenvalue weighted by Crippen LogP contribution is 2.20. The second kappa shape index (κ2) is 5.52. The average Bonchev–Trinajstić information content (AvgIpc) is 2.80. The molecule has 6 heteroatoms. The summed E-state index contributed by atoms with van der Waals surface area (Å²) < 4.78 is 2.57. The molecule has 1 heterocycles. The number of anilines is 1. The number of hydrogen-bond donors (Lipinski definition) is 1. The molecule has 0 fully saturated rings.